The molecular weight excluding hydrogens is 254 g/mol. The molecule has 0 radical (unpaired) electrons. The van der Waals surface area contributed by atoms with Crippen LogP contribution in [-0.4, -0.2) is 13.2 Å². The summed E-state index contributed by atoms with van der Waals surface area (Å²) < 4.78 is 6.55. The molecule has 1 heterocycles. The quantitative estimate of drug-likeness (QED) is 0.896. The Hall–Kier alpha value is -0.380. The lowest BCUT2D eigenvalue weighted by atomic mass is 9.89. The number of hydrogen-bond donors (Lipinski definition) is 1. The standard InChI is InChI=1S/C12H16BrNO/c13-11-5-1-3-9(7-11)12(14)10-4-2-6-15-8-10/h1,3,5,7,10,12H,2,4,6,8,14H2. The van der Waals surface area contributed by atoms with Crippen LogP contribution in [0.5, 0.6) is 0 Å². The molecule has 1 fully saturated rings. The Labute approximate surface area is 98.9 Å². The summed E-state index contributed by atoms with van der Waals surface area (Å²) in [6, 6.07) is 8.34. The van der Waals surface area contributed by atoms with Crippen molar-refractivity contribution in [2.75, 3.05) is 13.2 Å². The fraction of sp³-hybridized carbons (Fsp3) is 0.500. The van der Waals surface area contributed by atoms with Crippen molar-refractivity contribution in [1.82, 2.24) is 0 Å². The number of halogens is 1. The van der Waals surface area contributed by atoms with Crippen LogP contribution in [0.2, 0.25) is 0 Å². The Bertz CT molecular complexity index is 323. The molecule has 1 aromatic rings. The third kappa shape index (κ3) is 2.80. The molecule has 0 aliphatic carbocycles. The molecule has 0 aromatic heterocycles. The van der Waals surface area contributed by atoms with Gasteiger partial charge in [-0.15, -0.1) is 0 Å². The van der Waals surface area contributed by atoms with Crippen LogP contribution < -0.4 is 5.73 Å². The van der Waals surface area contributed by atoms with Gasteiger partial charge in [0.2, 0.25) is 0 Å². The first-order valence-electron chi connectivity index (χ1n) is 5.36. The van der Waals surface area contributed by atoms with Gasteiger partial charge in [0.15, 0.2) is 0 Å². The zero-order valence-electron chi connectivity index (χ0n) is 8.66. The van der Waals surface area contributed by atoms with Crippen LogP contribution in [0.15, 0.2) is 28.7 Å². The Balaban J connectivity index is 2.08. The van der Waals surface area contributed by atoms with Gasteiger partial charge in [-0.1, -0.05) is 28.1 Å². The topological polar surface area (TPSA) is 35.2 Å². The maximum Gasteiger partial charge on any atom is 0.0512 e. The Kier molecular flexibility index (Phi) is 3.78. The van der Waals surface area contributed by atoms with Crippen molar-refractivity contribution in [2.45, 2.75) is 18.9 Å². The van der Waals surface area contributed by atoms with E-state index in [9.17, 15) is 0 Å². The molecule has 2 rings (SSSR count). The van der Waals surface area contributed by atoms with Crippen molar-refractivity contribution in [3.8, 4) is 0 Å². The van der Waals surface area contributed by atoms with E-state index in [1.165, 1.54) is 12.0 Å². The van der Waals surface area contributed by atoms with Crippen LogP contribution >= 0.6 is 15.9 Å². The van der Waals surface area contributed by atoms with Crippen molar-refractivity contribution < 1.29 is 4.74 Å². The second kappa shape index (κ2) is 5.10. The van der Waals surface area contributed by atoms with Crippen LogP contribution in [-0.2, 0) is 4.74 Å². The molecule has 2 atom stereocenters. The van der Waals surface area contributed by atoms with E-state index < -0.39 is 0 Å². The Morgan fingerprint density at radius 1 is 1.47 bits per heavy atom. The fourth-order valence-electron chi connectivity index (χ4n) is 2.03. The maximum atomic E-state index is 6.24. The van der Waals surface area contributed by atoms with Crippen molar-refractivity contribution in [3.63, 3.8) is 0 Å². The van der Waals surface area contributed by atoms with E-state index in [-0.39, 0.29) is 6.04 Å². The van der Waals surface area contributed by atoms with Crippen LogP contribution in [0.25, 0.3) is 0 Å². The Morgan fingerprint density at radius 2 is 2.33 bits per heavy atom. The lowest BCUT2D eigenvalue weighted by Gasteiger charge is -2.27. The third-order valence-electron chi connectivity index (χ3n) is 2.94. The summed E-state index contributed by atoms with van der Waals surface area (Å²) in [5, 5.41) is 0. The summed E-state index contributed by atoms with van der Waals surface area (Å²) in [5.41, 5.74) is 7.43. The summed E-state index contributed by atoms with van der Waals surface area (Å²) >= 11 is 3.47. The molecule has 0 bridgehead atoms. The van der Waals surface area contributed by atoms with Gasteiger partial charge in [-0.25, -0.2) is 0 Å². The second-order valence-corrected chi connectivity index (χ2v) is 4.97. The summed E-state index contributed by atoms with van der Waals surface area (Å²) in [4.78, 5) is 0. The number of rotatable bonds is 2. The highest BCUT2D eigenvalue weighted by Crippen LogP contribution is 2.27. The zero-order valence-corrected chi connectivity index (χ0v) is 10.2. The molecule has 2 unspecified atom stereocenters. The molecule has 1 aliphatic rings. The summed E-state index contributed by atoms with van der Waals surface area (Å²) in [6.07, 6.45) is 2.31. The van der Waals surface area contributed by atoms with E-state index in [1.807, 2.05) is 12.1 Å². The summed E-state index contributed by atoms with van der Waals surface area (Å²) in [7, 11) is 0. The molecule has 3 heteroatoms. The minimum absolute atomic E-state index is 0.0998. The monoisotopic (exact) mass is 269 g/mol. The first kappa shape index (κ1) is 11.1. The van der Waals surface area contributed by atoms with E-state index in [4.69, 9.17) is 10.5 Å². The highest BCUT2D eigenvalue weighted by molar-refractivity contribution is 9.10. The molecule has 2 nitrogen and oxygen atoms in total. The van der Waals surface area contributed by atoms with Crippen LogP contribution in [0.4, 0.5) is 0 Å². The summed E-state index contributed by atoms with van der Waals surface area (Å²) in [5.74, 6) is 0.466. The van der Waals surface area contributed by atoms with Gasteiger partial charge in [0, 0.05) is 23.0 Å². The average Bonchev–Trinajstić information content (AvgIpc) is 2.29. The largest absolute Gasteiger partial charge is 0.381 e. The van der Waals surface area contributed by atoms with E-state index in [2.05, 4.69) is 28.1 Å². The first-order chi connectivity index (χ1) is 7.27. The van der Waals surface area contributed by atoms with E-state index in [1.54, 1.807) is 0 Å². The minimum atomic E-state index is 0.0998. The third-order valence-corrected chi connectivity index (χ3v) is 3.43. The lowest BCUT2D eigenvalue weighted by molar-refractivity contribution is 0.0447. The molecule has 1 aromatic carbocycles. The van der Waals surface area contributed by atoms with Crippen molar-refractivity contribution in [1.29, 1.82) is 0 Å². The number of ether oxygens (including phenoxy) is 1. The molecule has 0 amide bonds. The van der Waals surface area contributed by atoms with E-state index in [0.717, 1.165) is 24.1 Å². The average molecular weight is 270 g/mol. The van der Waals surface area contributed by atoms with Crippen LogP contribution in [0.1, 0.15) is 24.4 Å². The SMILES string of the molecule is NC(c1cccc(Br)c1)C1CCCOC1. The molecule has 2 N–H and O–H groups in total. The van der Waals surface area contributed by atoms with Gasteiger partial charge >= 0.3 is 0 Å². The van der Waals surface area contributed by atoms with Gasteiger partial charge < -0.3 is 10.5 Å². The van der Waals surface area contributed by atoms with Crippen molar-refractivity contribution in [3.05, 3.63) is 34.3 Å². The van der Waals surface area contributed by atoms with E-state index in [0.29, 0.717) is 5.92 Å². The summed E-state index contributed by atoms with van der Waals surface area (Å²) in [6.45, 7) is 1.69. The predicted octanol–water partition coefficient (Wildman–Crippen LogP) is 2.88. The highest BCUT2D eigenvalue weighted by Gasteiger charge is 2.22. The number of nitrogens with two attached hydrogens (primary N) is 1. The van der Waals surface area contributed by atoms with Crippen molar-refractivity contribution in [2.24, 2.45) is 11.7 Å². The molecule has 0 spiro atoms. The minimum Gasteiger partial charge on any atom is -0.381 e. The first-order valence-corrected chi connectivity index (χ1v) is 6.15. The highest BCUT2D eigenvalue weighted by atomic mass is 79.9. The van der Waals surface area contributed by atoms with Gasteiger partial charge in [-0.2, -0.15) is 0 Å². The lowest BCUT2D eigenvalue weighted by Crippen LogP contribution is -2.28. The van der Waals surface area contributed by atoms with E-state index >= 15 is 0 Å². The van der Waals surface area contributed by atoms with Gasteiger partial charge in [-0.3, -0.25) is 0 Å². The van der Waals surface area contributed by atoms with Gasteiger partial charge in [0.1, 0.15) is 0 Å². The number of hydrogen-bond acceptors (Lipinski definition) is 2. The molecule has 15 heavy (non-hydrogen) atoms. The van der Waals surface area contributed by atoms with Gasteiger partial charge in [0.25, 0.3) is 0 Å². The van der Waals surface area contributed by atoms with Crippen LogP contribution in [0, 0.1) is 5.92 Å². The molecule has 0 saturated carbocycles. The van der Waals surface area contributed by atoms with Gasteiger partial charge in [-0.05, 0) is 30.5 Å². The van der Waals surface area contributed by atoms with Crippen molar-refractivity contribution >= 4 is 15.9 Å². The maximum absolute atomic E-state index is 6.24. The zero-order chi connectivity index (χ0) is 10.7. The normalized spacial score (nSPS) is 23.7. The van der Waals surface area contributed by atoms with Crippen LogP contribution in [0.3, 0.4) is 0 Å². The number of benzene rings is 1. The smallest absolute Gasteiger partial charge is 0.0512 e. The second-order valence-electron chi connectivity index (χ2n) is 4.06. The Morgan fingerprint density at radius 3 is 3.00 bits per heavy atom. The fourth-order valence-corrected chi connectivity index (χ4v) is 2.45. The molecule has 82 valence electrons. The molecule has 1 aliphatic heterocycles. The molecule has 1 saturated heterocycles. The molecular formula is C12H16BrNO. The van der Waals surface area contributed by atoms with Gasteiger partial charge in [0.05, 0.1) is 6.61 Å². The predicted molar refractivity (Wildman–Crippen MR) is 64.6 cm³/mol.